The first kappa shape index (κ1) is 29.9. The molecule has 7 nitrogen and oxygen atoms in total. The van der Waals surface area contributed by atoms with Crippen LogP contribution in [0.2, 0.25) is 0 Å². The summed E-state index contributed by atoms with van der Waals surface area (Å²) in [6.45, 7) is 6.88. The number of rotatable bonds is 8. The number of carbonyl (C=O) groups is 1. The maximum absolute atomic E-state index is 14.6. The van der Waals surface area contributed by atoms with Crippen LogP contribution in [0.3, 0.4) is 0 Å². The second-order valence-corrected chi connectivity index (χ2v) is 11.7. The SMILES string of the molecule is C#CCOc1ccc2ccccc2c1/C=c1/sc2n(c1=O)[C@@H](c1c(OC)ccc3ccccc13)C(C(=O)N(CC)CC)=C(C)N=2. The molecule has 6 rings (SSSR count). The molecular formula is C37H33N3O4S. The quantitative estimate of drug-likeness (QED) is 0.218. The molecule has 4 aromatic carbocycles. The van der Waals surface area contributed by atoms with E-state index in [0.29, 0.717) is 45.2 Å². The third-order valence-electron chi connectivity index (χ3n) is 8.24. The predicted molar refractivity (Wildman–Crippen MR) is 180 cm³/mol. The van der Waals surface area contributed by atoms with Crippen LogP contribution in [-0.4, -0.2) is 42.2 Å². The molecule has 2 heterocycles. The fourth-order valence-corrected chi connectivity index (χ4v) is 7.11. The van der Waals surface area contributed by atoms with Crippen molar-refractivity contribution in [1.29, 1.82) is 0 Å². The summed E-state index contributed by atoms with van der Waals surface area (Å²) in [6.07, 6.45) is 7.36. The lowest BCUT2D eigenvalue weighted by Crippen LogP contribution is -2.43. The molecule has 0 radical (unpaired) electrons. The van der Waals surface area contributed by atoms with E-state index in [1.54, 1.807) is 16.6 Å². The van der Waals surface area contributed by atoms with Crippen molar-refractivity contribution in [3.8, 4) is 23.8 Å². The minimum absolute atomic E-state index is 0.0946. The number of methoxy groups -OCH3 is 1. The number of fused-ring (bicyclic) bond motifs is 3. The summed E-state index contributed by atoms with van der Waals surface area (Å²) >= 11 is 1.29. The van der Waals surface area contributed by atoms with Gasteiger partial charge in [-0.25, -0.2) is 4.99 Å². The summed E-state index contributed by atoms with van der Waals surface area (Å²) in [4.78, 5) is 36.0. The molecular weight excluding hydrogens is 582 g/mol. The molecule has 0 saturated carbocycles. The highest BCUT2D eigenvalue weighted by Crippen LogP contribution is 2.40. The van der Waals surface area contributed by atoms with E-state index in [-0.39, 0.29) is 18.1 Å². The Kier molecular flexibility index (Phi) is 8.29. The van der Waals surface area contributed by atoms with Crippen molar-refractivity contribution in [2.24, 2.45) is 4.99 Å². The highest BCUT2D eigenvalue weighted by molar-refractivity contribution is 7.07. The van der Waals surface area contributed by atoms with Crippen molar-refractivity contribution in [2.45, 2.75) is 26.8 Å². The van der Waals surface area contributed by atoms with Crippen LogP contribution < -0.4 is 24.4 Å². The summed E-state index contributed by atoms with van der Waals surface area (Å²) in [5.41, 5.74) is 2.27. The zero-order chi connectivity index (χ0) is 31.7. The Hall–Kier alpha value is -5.13. The van der Waals surface area contributed by atoms with Crippen LogP contribution in [-0.2, 0) is 4.79 Å². The normalized spacial score (nSPS) is 14.6. The smallest absolute Gasteiger partial charge is 0.271 e. The average Bonchev–Trinajstić information content (AvgIpc) is 3.37. The van der Waals surface area contributed by atoms with Crippen molar-refractivity contribution >= 4 is 44.9 Å². The topological polar surface area (TPSA) is 73.1 Å². The Labute approximate surface area is 265 Å². The van der Waals surface area contributed by atoms with E-state index in [9.17, 15) is 9.59 Å². The third-order valence-corrected chi connectivity index (χ3v) is 9.23. The Morgan fingerprint density at radius 2 is 1.64 bits per heavy atom. The van der Waals surface area contributed by atoms with E-state index in [2.05, 4.69) is 5.92 Å². The van der Waals surface area contributed by atoms with E-state index in [1.165, 1.54) is 11.3 Å². The first-order chi connectivity index (χ1) is 21.9. The number of likely N-dealkylation sites (N-methyl/N-ethyl adjacent to an activating group) is 1. The van der Waals surface area contributed by atoms with Gasteiger partial charge in [0.1, 0.15) is 24.1 Å². The van der Waals surface area contributed by atoms with Gasteiger partial charge in [0.15, 0.2) is 4.80 Å². The highest BCUT2D eigenvalue weighted by Gasteiger charge is 2.36. The van der Waals surface area contributed by atoms with E-state index >= 15 is 0 Å². The van der Waals surface area contributed by atoms with Crippen LogP contribution in [0.15, 0.2) is 93.9 Å². The number of ether oxygens (including phenoxy) is 2. The molecule has 45 heavy (non-hydrogen) atoms. The second kappa shape index (κ2) is 12.5. The van der Waals surface area contributed by atoms with Crippen LogP contribution in [0.4, 0.5) is 0 Å². The fourth-order valence-electron chi connectivity index (χ4n) is 6.09. The first-order valence-electron chi connectivity index (χ1n) is 14.9. The van der Waals surface area contributed by atoms with Crippen LogP contribution in [0.25, 0.3) is 27.6 Å². The van der Waals surface area contributed by atoms with Crippen molar-refractivity contribution in [3.63, 3.8) is 0 Å². The summed E-state index contributed by atoms with van der Waals surface area (Å²) in [7, 11) is 1.61. The van der Waals surface area contributed by atoms with Crippen LogP contribution >= 0.6 is 11.3 Å². The fraction of sp³-hybridized carbons (Fsp3) is 0.216. The van der Waals surface area contributed by atoms with Gasteiger partial charge in [0.25, 0.3) is 11.5 Å². The molecule has 0 N–H and O–H groups in total. The number of nitrogens with zero attached hydrogens (tertiary/aromatic N) is 3. The third kappa shape index (κ3) is 5.19. The maximum atomic E-state index is 14.6. The average molecular weight is 616 g/mol. The van der Waals surface area contributed by atoms with E-state index < -0.39 is 6.04 Å². The van der Waals surface area contributed by atoms with Gasteiger partial charge in [-0.3, -0.25) is 14.2 Å². The molecule has 5 aromatic rings. The lowest BCUT2D eigenvalue weighted by Gasteiger charge is -2.30. The van der Waals surface area contributed by atoms with Gasteiger partial charge in [0, 0.05) is 24.2 Å². The number of benzene rings is 4. The number of hydrogen-bond acceptors (Lipinski definition) is 6. The van der Waals surface area contributed by atoms with Crippen LogP contribution in [0.1, 0.15) is 37.9 Å². The summed E-state index contributed by atoms with van der Waals surface area (Å²) in [5, 5.41) is 3.81. The van der Waals surface area contributed by atoms with Crippen LogP contribution in [0, 0.1) is 12.3 Å². The molecule has 1 aliphatic rings. The number of hydrogen-bond donors (Lipinski definition) is 0. The number of allylic oxidation sites excluding steroid dienone is 1. The van der Waals surface area contributed by atoms with E-state index in [0.717, 1.165) is 32.7 Å². The van der Waals surface area contributed by atoms with Gasteiger partial charge in [-0.2, -0.15) is 0 Å². The summed E-state index contributed by atoms with van der Waals surface area (Å²) in [5.74, 6) is 3.54. The molecule has 1 atom stereocenters. The number of terminal acetylenes is 1. The Balaban J connectivity index is 1.68. The van der Waals surface area contributed by atoms with Crippen LogP contribution in [0.5, 0.6) is 11.5 Å². The van der Waals surface area contributed by atoms with Gasteiger partial charge in [0.05, 0.1) is 22.9 Å². The van der Waals surface area contributed by atoms with Gasteiger partial charge in [-0.15, -0.1) is 6.42 Å². The molecule has 0 aliphatic carbocycles. The molecule has 226 valence electrons. The van der Waals surface area contributed by atoms with Crippen molar-refractivity contribution < 1.29 is 14.3 Å². The molecule has 0 saturated heterocycles. The standard InChI is InChI=1S/C37H33N3O4S/c1-6-21-44-29-19-17-24-13-9-11-15-26(24)28(29)22-31-35(41)40-34(33-27-16-12-10-14-25(27)18-20-30(33)43-5)32(23(4)38-37(40)45-31)36(42)39(7-2)8-3/h1,9-20,22,34H,7-8,21H2,2-5H3/b31-22+/t34-/m1/s1. The molecule has 1 aromatic heterocycles. The van der Waals surface area contributed by atoms with Crippen molar-refractivity contribution in [3.05, 3.63) is 115 Å². The lowest BCUT2D eigenvalue weighted by molar-refractivity contribution is -0.127. The van der Waals surface area contributed by atoms with Crippen molar-refractivity contribution in [2.75, 3.05) is 26.8 Å². The molecule has 0 bridgehead atoms. The van der Waals surface area contributed by atoms with Gasteiger partial charge < -0.3 is 14.4 Å². The predicted octanol–water partition coefficient (Wildman–Crippen LogP) is 5.43. The zero-order valence-corrected chi connectivity index (χ0v) is 26.5. The Bertz CT molecular complexity index is 2220. The molecule has 1 aliphatic heterocycles. The van der Waals surface area contributed by atoms with E-state index in [4.69, 9.17) is 20.9 Å². The van der Waals surface area contributed by atoms with E-state index in [1.807, 2.05) is 99.6 Å². The highest BCUT2D eigenvalue weighted by atomic mass is 32.1. The van der Waals surface area contributed by atoms with Crippen molar-refractivity contribution in [1.82, 2.24) is 9.47 Å². The van der Waals surface area contributed by atoms with Gasteiger partial charge >= 0.3 is 0 Å². The lowest BCUT2D eigenvalue weighted by atomic mass is 9.90. The van der Waals surface area contributed by atoms with Gasteiger partial charge in [0.2, 0.25) is 0 Å². The summed E-state index contributed by atoms with van der Waals surface area (Å²) in [6, 6.07) is 22.8. The minimum atomic E-state index is -0.762. The summed E-state index contributed by atoms with van der Waals surface area (Å²) < 4.78 is 13.9. The molecule has 0 fully saturated rings. The Morgan fingerprint density at radius 1 is 1.00 bits per heavy atom. The largest absolute Gasteiger partial charge is 0.496 e. The zero-order valence-electron chi connectivity index (χ0n) is 25.7. The molecule has 8 heteroatoms. The molecule has 0 unspecified atom stereocenters. The number of carbonyl (C=O) groups excluding carboxylic acids is 1. The first-order valence-corrected chi connectivity index (χ1v) is 15.7. The van der Waals surface area contributed by atoms with Gasteiger partial charge in [-0.05, 0) is 60.5 Å². The number of amides is 1. The molecule has 0 spiro atoms. The minimum Gasteiger partial charge on any atom is -0.496 e. The number of thiazole rings is 1. The second-order valence-electron chi connectivity index (χ2n) is 10.7. The molecule has 1 amide bonds. The Morgan fingerprint density at radius 3 is 2.31 bits per heavy atom. The maximum Gasteiger partial charge on any atom is 0.271 e. The van der Waals surface area contributed by atoms with Gasteiger partial charge in [-0.1, -0.05) is 77.9 Å². The number of aromatic nitrogens is 1. The monoisotopic (exact) mass is 615 g/mol.